The first-order chi connectivity index (χ1) is 14.6. The molecular formula is C23H25N3O4. The van der Waals surface area contributed by atoms with Crippen molar-refractivity contribution in [3.8, 4) is 11.5 Å². The van der Waals surface area contributed by atoms with Crippen molar-refractivity contribution in [2.75, 3.05) is 14.2 Å². The summed E-state index contributed by atoms with van der Waals surface area (Å²) in [7, 11) is 3.07. The highest BCUT2D eigenvalue weighted by Crippen LogP contribution is 2.31. The van der Waals surface area contributed by atoms with Crippen molar-refractivity contribution in [2.45, 2.75) is 38.3 Å². The highest BCUT2D eigenvalue weighted by atomic mass is 16.5. The van der Waals surface area contributed by atoms with Crippen molar-refractivity contribution in [1.29, 1.82) is 0 Å². The summed E-state index contributed by atoms with van der Waals surface area (Å²) in [5.41, 5.74) is 2.91. The topological polar surface area (TPSA) is 82.5 Å². The van der Waals surface area contributed by atoms with Gasteiger partial charge in [-0.1, -0.05) is 24.3 Å². The minimum Gasteiger partial charge on any atom is -0.493 e. The number of hydrogen-bond donors (Lipinski definition) is 1. The number of methoxy groups -OCH3 is 2. The third-order valence-corrected chi connectivity index (χ3v) is 5.60. The third-order valence-electron chi connectivity index (χ3n) is 5.60. The normalized spacial score (nSPS) is 15.1. The van der Waals surface area contributed by atoms with Crippen LogP contribution in [0.5, 0.6) is 11.5 Å². The molecule has 1 aliphatic rings. The second-order valence-corrected chi connectivity index (χ2v) is 7.43. The van der Waals surface area contributed by atoms with E-state index in [1.807, 2.05) is 12.1 Å². The van der Waals surface area contributed by atoms with Crippen LogP contribution in [-0.2, 0) is 17.8 Å². The lowest BCUT2D eigenvalue weighted by atomic mass is 10.1. The van der Waals surface area contributed by atoms with E-state index in [0.29, 0.717) is 41.8 Å². The fourth-order valence-electron chi connectivity index (χ4n) is 4.03. The fraction of sp³-hybridized carbons (Fsp3) is 0.348. The summed E-state index contributed by atoms with van der Waals surface area (Å²) in [4.78, 5) is 29.6. The Morgan fingerprint density at radius 1 is 1.20 bits per heavy atom. The van der Waals surface area contributed by atoms with Crippen LogP contribution >= 0.6 is 0 Å². The molecule has 1 aliphatic carbocycles. The number of hydrogen-bond acceptors (Lipinski definition) is 5. The number of aryl methyl sites for hydroxylation is 2. The Morgan fingerprint density at radius 2 is 1.97 bits per heavy atom. The molecule has 0 radical (unpaired) electrons. The molecule has 2 aromatic carbocycles. The first-order valence-corrected chi connectivity index (χ1v) is 10.1. The summed E-state index contributed by atoms with van der Waals surface area (Å²) < 4.78 is 12.1. The molecule has 1 amide bonds. The van der Waals surface area contributed by atoms with E-state index in [9.17, 15) is 9.59 Å². The average Bonchev–Trinajstić information content (AvgIpc) is 3.17. The molecule has 0 aliphatic heterocycles. The molecule has 0 saturated carbocycles. The van der Waals surface area contributed by atoms with Gasteiger partial charge in [0, 0.05) is 19.0 Å². The molecule has 1 atom stereocenters. The molecule has 1 N–H and O–H groups in total. The van der Waals surface area contributed by atoms with Crippen LogP contribution in [-0.4, -0.2) is 29.7 Å². The van der Waals surface area contributed by atoms with Gasteiger partial charge in [-0.2, -0.15) is 0 Å². The Kier molecular flexibility index (Phi) is 5.70. The van der Waals surface area contributed by atoms with Gasteiger partial charge in [-0.3, -0.25) is 14.2 Å². The Morgan fingerprint density at radius 3 is 2.77 bits per heavy atom. The van der Waals surface area contributed by atoms with Crippen molar-refractivity contribution in [1.82, 2.24) is 14.9 Å². The third kappa shape index (κ3) is 3.87. The number of nitrogens with one attached hydrogen (secondary N) is 1. The molecule has 7 heteroatoms. The van der Waals surface area contributed by atoms with Gasteiger partial charge in [0.15, 0.2) is 11.5 Å². The highest BCUT2D eigenvalue weighted by Gasteiger charge is 2.23. The first kappa shape index (κ1) is 19.9. The van der Waals surface area contributed by atoms with E-state index < -0.39 is 0 Å². The number of carbonyl (C=O) groups excluding carboxylic acids is 1. The van der Waals surface area contributed by atoms with Gasteiger partial charge in [0.1, 0.15) is 0 Å². The predicted molar refractivity (Wildman–Crippen MR) is 114 cm³/mol. The second-order valence-electron chi connectivity index (χ2n) is 7.43. The molecule has 0 spiro atoms. The summed E-state index contributed by atoms with van der Waals surface area (Å²) in [6, 6.07) is 11.7. The fourth-order valence-corrected chi connectivity index (χ4v) is 4.03. The Balaban J connectivity index is 1.40. The van der Waals surface area contributed by atoms with E-state index in [4.69, 9.17) is 9.47 Å². The standard InChI is InChI=1S/C23H25N3O4/c1-29-20-12-17-19(13-21(20)30-2)24-14-26(23(17)28)11-5-8-22(27)25-18-10-9-15-6-3-4-7-16(15)18/h3-4,6-7,12-14,18H,5,8-11H2,1-2H3,(H,25,27)/t18-/m1/s1. The number of amides is 1. The van der Waals surface area contributed by atoms with E-state index in [1.54, 1.807) is 19.2 Å². The molecule has 156 valence electrons. The zero-order valence-corrected chi connectivity index (χ0v) is 17.2. The van der Waals surface area contributed by atoms with Crippen LogP contribution in [0.25, 0.3) is 10.9 Å². The van der Waals surface area contributed by atoms with Crippen LogP contribution in [0.15, 0.2) is 47.5 Å². The largest absolute Gasteiger partial charge is 0.493 e. The predicted octanol–water partition coefficient (Wildman–Crippen LogP) is 3.00. The summed E-state index contributed by atoms with van der Waals surface area (Å²) in [6.45, 7) is 0.421. The monoisotopic (exact) mass is 407 g/mol. The van der Waals surface area contributed by atoms with Gasteiger partial charge >= 0.3 is 0 Å². The second kappa shape index (κ2) is 8.57. The Hall–Kier alpha value is -3.35. The Labute approximate surface area is 174 Å². The van der Waals surface area contributed by atoms with Gasteiger partial charge in [-0.15, -0.1) is 0 Å². The smallest absolute Gasteiger partial charge is 0.261 e. The minimum absolute atomic E-state index is 0.00454. The molecule has 30 heavy (non-hydrogen) atoms. The summed E-state index contributed by atoms with van der Waals surface area (Å²) in [6.07, 6.45) is 4.36. The summed E-state index contributed by atoms with van der Waals surface area (Å²) in [5, 5.41) is 3.58. The number of nitrogens with zero attached hydrogens (tertiary/aromatic N) is 2. The zero-order chi connectivity index (χ0) is 21.1. The molecule has 0 fully saturated rings. The molecule has 0 saturated heterocycles. The maximum absolute atomic E-state index is 12.8. The summed E-state index contributed by atoms with van der Waals surface area (Å²) in [5.74, 6) is 1.02. The average molecular weight is 407 g/mol. The van der Waals surface area contributed by atoms with Gasteiger partial charge in [0.05, 0.1) is 37.5 Å². The molecule has 0 bridgehead atoms. The van der Waals surface area contributed by atoms with Crippen molar-refractivity contribution in [2.24, 2.45) is 0 Å². The van der Waals surface area contributed by atoms with Gasteiger partial charge in [0.2, 0.25) is 5.91 Å². The Bertz CT molecular complexity index is 1140. The maximum Gasteiger partial charge on any atom is 0.261 e. The number of aromatic nitrogens is 2. The molecular weight excluding hydrogens is 382 g/mol. The van der Waals surface area contributed by atoms with Gasteiger partial charge in [-0.05, 0) is 36.5 Å². The number of ether oxygens (including phenoxy) is 2. The maximum atomic E-state index is 12.8. The molecule has 7 nitrogen and oxygen atoms in total. The number of rotatable bonds is 7. The lowest BCUT2D eigenvalue weighted by molar-refractivity contribution is -0.122. The molecule has 1 aromatic heterocycles. The molecule has 0 unspecified atom stereocenters. The van der Waals surface area contributed by atoms with Crippen LogP contribution in [0.4, 0.5) is 0 Å². The van der Waals surface area contributed by atoms with Crippen molar-refractivity contribution < 1.29 is 14.3 Å². The van der Waals surface area contributed by atoms with E-state index in [2.05, 4.69) is 22.4 Å². The van der Waals surface area contributed by atoms with Gasteiger partial charge in [0.25, 0.3) is 5.56 Å². The van der Waals surface area contributed by atoms with Crippen LogP contribution in [0.2, 0.25) is 0 Å². The molecule has 1 heterocycles. The van der Waals surface area contributed by atoms with Crippen LogP contribution in [0.3, 0.4) is 0 Å². The van der Waals surface area contributed by atoms with Crippen LogP contribution in [0.1, 0.15) is 36.4 Å². The molecule has 4 rings (SSSR count). The van der Waals surface area contributed by atoms with Gasteiger partial charge < -0.3 is 14.8 Å². The van der Waals surface area contributed by atoms with Gasteiger partial charge in [-0.25, -0.2) is 4.98 Å². The highest BCUT2D eigenvalue weighted by molar-refractivity contribution is 5.81. The SMILES string of the molecule is COc1cc2ncn(CCCC(=O)N[C@@H]3CCc4ccccc43)c(=O)c2cc1OC. The van der Waals surface area contributed by atoms with Crippen molar-refractivity contribution >= 4 is 16.8 Å². The van der Waals surface area contributed by atoms with Crippen LogP contribution < -0.4 is 20.3 Å². The lowest BCUT2D eigenvalue weighted by Crippen LogP contribution is -2.27. The first-order valence-electron chi connectivity index (χ1n) is 10.1. The lowest BCUT2D eigenvalue weighted by Gasteiger charge is -2.14. The number of benzene rings is 2. The van der Waals surface area contributed by atoms with E-state index in [0.717, 1.165) is 12.8 Å². The number of fused-ring (bicyclic) bond motifs is 2. The van der Waals surface area contributed by atoms with Crippen molar-refractivity contribution in [3.05, 3.63) is 64.2 Å². The van der Waals surface area contributed by atoms with Crippen molar-refractivity contribution in [3.63, 3.8) is 0 Å². The van der Waals surface area contributed by atoms with E-state index in [1.165, 1.54) is 29.1 Å². The minimum atomic E-state index is -0.161. The molecule has 3 aromatic rings. The number of carbonyl (C=O) groups is 1. The van der Waals surface area contributed by atoms with Crippen LogP contribution in [0, 0.1) is 0 Å². The quantitative estimate of drug-likeness (QED) is 0.651. The zero-order valence-electron chi connectivity index (χ0n) is 17.2. The summed E-state index contributed by atoms with van der Waals surface area (Å²) >= 11 is 0. The van der Waals surface area contributed by atoms with E-state index >= 15 is 0 Å². The van der Waals surface area contributed by atoms with E-state index in [-0.39, 0.29) is 17.5 Å².